The van der Waals surface area contributed by atoms with Crippen molar-refractivity contribution in [1.29, 1.82) is 0 Å². The fourth-order valence-electron chi connectivity index (χ4n) is 3.26. The van der Waals surface area contributed by atoms with E-state index in [4.69, 9.17) is 4.74 Å². The molecule has 19 heavy (non-hydrogen) atoms. The zero-order chi connectivity index (χ0) is 12.7. The number of nitrogens with zero attached hydrogens (tertiary/aromatic N) is 2. The number of ether oxygens (including phenoxy) is 1. The second-order valence-electron chi connectivity index (χ2n) is 5.75. The Labute approximate surface area is 117 Å². The van der Waals surface area contributed by atoms with E-state index >= 15 is 0 Å². The largest absolute Gasteiger partial charge is 0.493 e. The highest BCUT2D eigenvalue weighted by Crippen LogP contribution is 2.41. The fourth-order valence-corrected chi connectivity index (χ4v) is 3.78. The molecule has 1 fully saturated rings. The number of hydrogen-bond acceptors (Lipinski definition) is 4. The van der Waals surface area contributed by atoms with E-state index in [0.29, 0.717) is 5.41 Å². The van der Waals surface area contributed by atoms with Crippen molar-refractivity contribution in [3.05, 3.63) is 47.0 Å². The molecule has 1 saturated heterocycles. The molecule has 2 aliphatic heterocycles. The van der Waals surface area contributed by atoms with E-state index in [2.05, 4.69) is 32.9 Å². The van der Waals surface area contributed by atoms with Crippen LogP contribution in [0, 0.1) is 5.41 Å². The van der Waals surface area contributed by atoms with Crippen molar-refractivity contribution in [3.63, 3.8) is 0 Å². The third-order valence-electron chi connectivity index (χ3n) is 4.08. The van der Waals surface area contributed by atoms with Crippen LogP contribution >= 0.6 is 11.5 Å². The minimum absolute atomic E-state index is 0.345. The van der Waals surface area contributed by atoms with Crippen LogP contribution in [0.15, 0.2) is 35.8 Å². The highest BCUT2D eigenvalue weighted by atomic mass is 32.1. The van der Waals surface area contributed by atoms with Crippen molar-refractivity contribution >= 4 is 11.5 Å². The summed E-state index contributed by atoms with van der Waals surface area (Å²) in [6.45, 7) is 4.16. The molecule has 1 aromatic heterocycles. The van der Waals surface area contributed by atoms with Gasteiger partial charge in [0.1, 0.15) is 5.75 Å². The first kappa shape index (κ1) is 11.4. The van der Waals surface area contributed by atoms with Gasteiger partial charge in [0.2, 0.25) is 0 Å². The number of rotatable bonds is 2. The average Bonchev–Trinajstić information content (AvgIpc) is 2.90. The first-order valence-electron chi connectivity index (χ1n) is 6.64. The van der Waals surface area contributed by atoms with E-state index < -0.39 is 0 Å². The lowest BCUT2D eigenvalue weighted by atomic mass is 9.74. The number of para-hydroxylation sites is 1. The van der Waals surface area contributed by atoms with E-state index in [1.807, 2.05) is 12.3 Å². The topological polar surface area (TPSA) is 25.4 Å². The Balaban J connectivity index is 1.43. The second kappa shape index (κ2) is 4.32. The summed E-state index contributed by atoms with van der Waals surface area (Å²) in [6.07, 6.45) is 3.13. The third kappa shape index (κ3) is 2.05. The molecule has 0 radical (unpaired) electrons. The van der Waals surface area contributed by atoms with Gasteiger partial charge >= 0.3 is 0 Å². The van der Waals surface area contributed by atoms with Crippen LogP contribution in [0.25, 0.3) is 0 Å². The molecule has 0 atom stereocenters. The molecule has 0 aliphatic carbocycles. The second-order valence-corrected chi connectivity index (χ2v) is 6.41. The van der Waals surface area contributed by atoms with Crippen LogP contribution in [-0.2, 0) is 13.0 Å². The zero-order valence-corrected chi connectivity index (χ0v) is 11.5. The molecule has 0 unspecified atom stereocenters. The van der Waals surface area contributed by atoms with Gasteiger partial charge in [0.05, 0.1) is 6.61 Å². The molecule has 0 saturated carbocycles. The maximum Gasteiger partial charge on any atom is 0.122 e. The van der Waals surface area contributed by atoms with Crippen molar-refractivity contribution in [2.45, 2.75) is 13.0 Å². The van der Waals surface area contributed by atoms with Gasteiger partial charge in [-0.15, -0.1) is 0 Å². The molecule has 3 nitrogen and oxygen atoms in total. The molecule has 3 heterocycles. The summed E-state index contributed by atoms with van der Waals surface area (Å²) >= 11 is 1.53. The molecule has 98 valence electrons. The summed E-state index contributed by atoms with van der Waals surface area (Å²) in [6, 6.07) is 8.43. The Hall–Kier alpha value is -1.39. The Morgan fingerprint density at radius 1 is 1.32 bits per heavy atom. The summed E-state index contributed by atoms with van der Waals surface area (Å²) in [4.78, 5) is 2.49. The van der Waals surface area contributed by atoms with Crippen molar-refractivity contribution < 1.29 is 4.74 Å². The predicted octanol–water partition coefficient (Wildman–Crippen LogP) is 2.58. The minimum atomic E-state index is 0.345. The number of benzene rings is 1. The van der Waals surface area contributed by atoms with Crippen molar-refractivity contribution in [3.8, 4) is 5.75 Å². The Morgan fingerprint density at radius 3 is 3.05 bits per heavy atom. The first-order chi connectivity index (χ1) is 9.33. The summed E-state index contributed by atoms with van der Waals surface area (Å²) in [7, 11) is 0. The minimum Gasteiger partial charge on any atom is -0.493 e. The van der Waals surface area contributed by atoms with E-state index in [-0.39, 0.29) is 0 Å². The van der Waals surface area contributed by atoms with Crippen molar-refractivity contribution in [1.82, 2.24) is 9.27 Å². The van der Waals surface area contributed by atoms with Crippen LogP contribution < -0.4 is 4.74 Å². The molecule has 1 aromatic carbocycles. The molecule has 2 aliphatic rings. The maximum atomic E-state index is 5.93. The standard InChI is InChI=1S/C15H16N2OS/c1-2-4-14-13(3-1)5-15(11-18-14)9-17(10-15)7-12-6-16-19-8-12/h1-4,6,8H,5,7,9-11H2. The summed E-state index contributed by atoms with van der Waals surface area (Å²) in [5.74, 6) is 1.08. The molecule has 4 heteroatoms. The number of likely N-dealkylation sites (tertiary alicyclic amines) is 1. The van der Waals surface area contributed by atoms with E-state index in [0.717, 1.165) is 38.4 Å². The SMILES string of the molecule is c1ccc2c(c1)CC1(CO2)CN(Cc2cnsc2)C1. The predicted molar refractivity (Wildman–Crippen MR) is 75.5 cm³/mol. The van der Waals surface area contributed by atoms with E-state index in [9.17, 15) is 0 Å². The summed E-state index contributed by atoms with van der Waals surface area (Å²) in [5.41, 5.74) is 3.04. The molecule has 0 bridgehead atoms. The quantitative estimate of drug-likeness (QED) is 0.840. The smallest absolute Gasteiger partial charge is 0.122 e. The monoisotopic (exact) mass is 272 g/mol. The zero-order valence-electron chi connectivity index (χ0n) is 10.7. The Bertz CT molecular complexity index is 576. The van der Waals surface area contributed by atoms with Crippen LogP contribution in [-0.4, -0.2) is 29.0 Å². The molecular weight excluding hydrogens is 256 g/mol. The van der Waals surface area contributed by atoms with Gasteiger partial charge in [0.15, 0.2) is 0 Å². The molecular formula is C15H16N2OS. The highest BCUT2D eigenvalue weighted by Gasteiger charge is 2.45. The molecule has 1 spiro atoms. The van der Waals surface area contributed by atoms with Gasteiger partial charge in [-0.05, 0) is 35.1 Å². The lowest BCUT2D eigenvalue weighted by Crippen LogP contribution is -2.60. The number of fused-ring (bicyclic) bond motifs is 1. The summed E-state index contributed by atoms with van der Waals surface area (Å²) in [5, 5.41) is 2.14. The maximum absolute atomic E-state index is 5.93. The molecule has 2 aromatic rings. The summed E-state index contributed by atoms with van der Waals surface area (Å²) < 4.78 is 10.1. The lowest BCUT2D eigenvalue weighted by molar-refractivity contribution is -0.0478. The normalized spacial score (nSPS) is 20.6. The van der Waals surface area contributed by atoms with Crippen molar-refractivity contribution in [2.24, 2.45) is 5.41 Å². The van der Waals surface area contributed by atoms with Gasteiger partial charge in [-0.3, -0.25) is 4.90 Å². The van der Waals surface area contributed by atoms with Crippen LogP contribution in [0.2, 0.25) is 0 Å². The van der Waals surface area contributed by atoms with Crippen LogP contribution in [0.5, 0.6) is 5.75 Å². The van der Waals surface area contributed by atoms with Gasteiger partial charge in [-0.25, -0.2) is 4.37 Å². The van der Waals surface area contributed by atoms with Gasteiger partial charge in [-0.1, -0.05) is 18.2 Å². The van der Waals surface area contributed by atoms with E-state index in [1.54, 1.807) is 0 Å². The van der Waals surface area contributed by atoms with Crippen LogP contribution in [0.4, 0.5) is 0 Å². The van der Waals surface area contributed by atoms with Gasteiger partial charge < -0.3 is 4.74 Å². The average molecular weight is 272 g/mol. The van der Waals surface area contributed by atoms with Crippen LogP contribution in [0.1, 0.15) is 11.1 Å². The highest BCUT2D eigenvalue weighted by molar-refractivity contribution is 7.03. The fraction of sp³-hybridized carbons (Fsp3) is 0.400. The van der Waals surface area contributed by atoms with Gasteiger partial charge in [0.25, 0.3) is 0 Å². The number of hydrogen-bond donors (Lipinski definition) is 0. The Kier molecular flexibility index (Phi) is 2.60. The van der Waals surface area contributed by atoms with Crippen molar-refractivity contribution in [2.75, 3.05) is 19.7 Å². The third-order valence-corrected chi connectivity index (χ3v) is 4.71. The molecule has 0 N–H and O–H groups in total. The number of aromatic nitrogens is 1. The molecule has 4 rings (SSSR count). The van der Waals surface area contributed by atoms with Gasteiger partial charge in [-0.2, -0.15) is 0 Å². The van der Waals surface area contributed by atoms with Gasteiger partial charge in [0, 0.05) is 36.6 Å². The van der Waals surface area contributed by atoms with Crippen LogP contribution in [0.3, 0.4) is 0 Å². The Morgan fingerprint density at radius 2 is 2.21 bits per heavy atom. The van der Waals surface area contributed by atoms with E-state index in [1.165, 1.54) is 22.7 Å². The first-order valence-corrected chi connectivity index (χ1v) is 7.48. The molecule has 0 amide bonds. The lowest BCUT2D eigenvalue weighted by Gasteiger charge is -2.52.